The van der Waals surface area contributed by atoms with Gasteiger partial charge in [-0.2, -0.15) is 0 Å². The molecule has 0 unspecified atom stereocenters. The van der Waals surface area contributed by atoms with E-state index in [2.05, 4.69) is 165 Å². The van der Waals surface area contributed by atoms with Crippen molar-refractivity contribution in [2.24, 2.45) is 0 Å². The van der Waals surface area contributed by atoms with Crippen LogP contribution in [-0.4, -0.2) is 0 Å². The maximum atomic E-state index is 2.47. The monoisotopic (exact) mass is 570 g/mol. The molecule has 0 saturated carbocycles. The Labute approximate surface area is 262 Å². The van der Waals surface area contributed by atoms with Crippen LogP contribution in [0.5, 0.6) is 0 Å². The minimum absolute atomic E-state index is 0.0401. The van der Waals surface area contributed by atoms with E-state index in [4.69, 9.17) is 0 Å². The van der Waals surface area contributed by atoms with Gasteiger partial charge >= 0.3 is 0 Å². The van der Waals surface area contributed by atoms with Crippen LogP contribution in [0.1, 0.15) is 63.8 Å². The second-order valence-electron chi connectivity index (χ2n) is 14.9. The van der Waals surface area contributed by atoms with E-state index in [-0.39, 0.29) is 10.8 Å². The minimum Gasteiger partial charge on any atom is -0.0587 e. The van der Waals surface area contributed by atoms with Crippen LogP contribution < -0.4 is 0 Å². The summed E-state index contributed by atoms with van der Waals surface area (Å²) >= 11 is 0. The molecule has 0 aliphatic rings. The Morgan fingerprint density at radius 1 is 0.341 bits per heavy atom. The number of benzene rings is 7. The van der Waals surface area contributed by atoms with Gasteiger partial charge in [-0.05, 0) is 125 Å². The van der Waals surface area contributed by atoms with Gasteiger partial charge in [-0.3, -0.25) is 0 Å². The molecule has 7 aromatic rings. The van der Waals surface area contributed by atoms with E-state index in [9.17, 15) is 0 Å². The van der Waals surface area contributed by atoms with Gasteiger partial charge in [0, 0.05) is 0 Å². The van der Waals surface area contributed by atoms with Crippen molar-refractivity contribution in [3.63, 3.8) is 0 Å². The molecule has 0 radical (unpaired) electrons. The summed E-state index contributed by atoms with van der Waals surface area (Å²) in [6.07, 6.45) is 0. The Morgan fingerprint density at radius 3 is 1.09 bits per heavy atom. The van der Waals surface area contributed by atoms with Gasteiger partial charge in [0.2, 0.25) is 0 Å². The first kappa shape index (κ1) is 28.4. The average Bonchev–Trinajstić information content (AvgIpc) is 2.98. The Bertz CT molecular complexity index is 2080. The lowest BCUT2D eigenvalue weighted by molar-refractivity contribution is 0.590. The van der Waals surface area contributed by atoms with Gasteiger partial charge in [-0.1, -0.05) is 138 Å². The first-order valence-electron chi connectivity index (χ1n) is 15.9. The Hall–Kier alpha value is -4.42. The Balaban J connectivity index is 1.65. The fourth-order valence-corrected chi connectivity index (χ4v) is 6.82. The van der Waals surface area contributed by atoms with Crippen molar-refractivity contribution < 1.29 is 0 Å². The number of hydrogen-bond acceptors (Lipinski definition) is 0. The van der Waals surface area contributed by atoms with E-state index in [0.29, 0.717) is 0 Å². The molecule has 0 N–H and O–H groups in total. The first-order chi connectivity index (χ1) is 20.9. The SMILES string of the molecule is Cc1ccc2cc(-c3c4ccc(C(C)(C)C)cc4c(-c4ccc5cc(C)ccc5c4)c4ccc(C(C)(C)C)cc34)ccc2c1. The molecule has 0 saturated heterocycles. The van der Waals surface area contributed by atoms with Crippen LogP contribution in [0.4, 0.5) is 0 Å². The zero-order valence-electron chi connectivity index (χ0n) is 27.4. The van der Waals surface area contributed by atoms with Crippen molar-refractivity contribution >= 4 is 43.1 Å². The summed E-state index contributed by atoms with van der Waals surface area (Å²) in [4.78, 5) is 0. The van der Waals surface area contributed by atoms with Gasteiger partial charge in [0.1, 0.15) is 0 Å². The van der Waals surface area contributed by atoms with E-state index in [1.165, 1.54) is 87.6 Å². The normalized spacial score (nSPS) is 12.5. The summed E-state index contributed by atoms with van der Waals surface area (Å²) in [5, 5.41) is 10.4. The van der Waals surface area contributed by atoms with Gasteiger partial charge in [0.15, 0.2) is 0 Å². The number of rotatable bonds is 2. The van der Waals surface area contributed by atoms with Crippen molar-refractivity contribution in [2.45, 2.75) is 66.2 Å². The van der Waals surface area contributed by atoms with Crippen molar-refractivity contribution in [1.82, 2.24) is 0 Å². The Morgan fingerprint density at radius 2 is 0.705 bits per heavy atom. The van der Waals surface area contributed by atoms with Crippen molar-refractivity contribution in [1.29, 1.82) is 0 Å². The lowest BCUT2D eigenvalue weighted by Gasteiger charge is -2.25. The number of aryl methyl sites for hydroxylation is 2. The van der Waals surface area contributed by atoms with Crippen LogP contribution in [-0.2, 0) is 10.8 Å². The lowest BCUT2D eigenvalue weighted by Crippen LogP contribution is -2.11. The van der Waals surface area contributed by atoms with E-state index in [1.54, 1.807) is 0 Å². The molecule has 7 aromatic carbocycles. The molecule has 0 heteroatoms. The quantitative estimate of drug-likeness (QED) is 0.181. The molecule has 0 atom stereocenters. The fourth-order valence-electron chi connectivity index (χ4n) is 6.82. The van der Waals surface area contributed by atoms with Crippen LogP contribution in [0.3, 0.4) is 0 Å². The molecule has 7 rings (SSSR count). The largest absolute Gasteiger partial charge is 0.0587 e. The number of hydrogen-bond donors (Lipinski definition) is 0. The van der Waals surface area contributed by atoms with E-state index in [0.717, 1.165) is 0 Å². The van der Waals surface area contributed by atoms with Gasteiger partial charge in [-0.25, -0.2) is 0 Å². The molecule has 44 heavy (non-hydrogen) atoms. The standard InChI is InChI=1S/C44H42/c1-27-9-11-31-23-33(15-13-29(31)21-27)41-37-19-17-36(44(6,7)8)26-40(37)42(38-20-18-35(25-39(38)41)43(3,4)5)34-16-14-30-22-28(2)10-12-32(30)24-34/h9-26H,1-8H3. The highest BCUT2D eigenvalue weighted by Gasteiger charge is 2.23. The maximum Gasteiger partial charge on any atom is -0.00260 e. The zero-order chi connectivity index (χ0) is 31.0. The fraction of sp³-hybridized carbons (Fsp3) is 0.227. The summed E-state index contributed by atoms with van der Waals surface area (Å²) in [6, 6.07) is 42.0. The van der Waals surface area contributed by atoms with Crippen LogP contribution in [0.2, 0.25) is 0 Å². The third-order valence-electron chi connectivity index (χ3n) is 9.42. The summed E-state index contributed by atoms with van der Waals surface area (Å²) < 4.78 is 0. The van der Waals surface area contributed by atoms with Crippen LogP contribution in [0, 0.1) is 13.8 Å². The summed E-state index contributed by atoms with van der Waals surface area (Å²) in [5.41, 5.74) is 10.6. The first-order valence-corrected chi connectivity index (χ1v) is 15.9. The van der Waals surface area contributed by atoms with Gasteiger partial charge in [0.25, 0.3) is 0 Å². The highest BCUT2D eigenvalue weighted by Crippen LogP contribution is 2.46. The average molecular weight is 571 g/mol. The molecule has 0 heterocycles. The molecule has 0 aromatic heterocycles. The van der Waals surface area contributed by atoms with Crippen molar-refractivity contribution in [3.05, 3.63) is 131 Å². The van der Waals surface area contributed by atoms with Crippen molar-refractivity contribution in [3.8, 4) is 22.3 Å². The van der Waals surface area contributed by atoms with Crippen LogP contribution >= 0.6 is 0 Å². The topological polar surface area (TPSA) is 0 Å². The smallest absolute Gasteiger partial charge is 0.00260 e. The predicted octanol–water partition coefficient (Wildman–Crippen LogP) is 12.8. The van der Waals surface area contributed by atoms with E-state index < -0.39 is 0 Å². The summed E-state index contributed by atoms with van der Waals surface area (Å²) in [6.45, 7) is 18.2. The van der Waals surface area contributed by atoms with E-state index >= 15 is 0 Å². The summed E-state index contributed by atoms with van der Waals surface area (Å²) in [5.74, 6) is 0. The minimum atomic E-state index is 0.0401. The second kappa shape index (κ2) is 10.1. The predicted molar refractivity (Wildman–Crippen MR) is 194 cm³/mol. The van der Waals surface area contributed by atoms with Gasteiger partial charge in [0.05, 0.1) is 0 Å². The molecule has 0 aliphatic heterocycles. The van der Waals surface area contributed by atoms with Crippen molar-refractivity contribution in [2.75, 3.05) is 0 Å². The van der Waals surface area contributed by atoms with Gasteiger partial charge in [-0.15, -0.1) is 0 Å². The summed E-state index contributed by atoms with van der Waals surface area (Å²) in [7, 11) is 0. The molecule has 0 fully saturated rings. The number of fused-ring (bicyclic) bond motifs is 4. The molecule has 218 valence electrons. The van der Waals surface area contributed by atoms with Crippen LogP contribution in [0.25, 0.3) is 65.3 Å². The lowest BCUT2D eigenvalue weighted by atomic mass is 9.79. The molecule has 0 aliphatic carbocycles. The molecule has 0 nitrogen and oxygen atoms in total. The molecular weight excluding hydrogens is 528 g/mol. The highest BCUT2D eigenvalue weighted by atomic mass is 14.3. The maximum absolute atomic E-state index is 2.47. The Kier molecular flexibility index (Phi) is 6.49. The molecule has 0 spiro atoms. The molecule has 0 amide bonds. The van der Waals surface area contributed by atoms with E-state index in [1.807, 2.05) is 0 Å². The van der Waals surface area contributed by atoms with Gasteiger partial charge < -0.3 is 0 Å². The third kappa shape index (κ3) is 4.87. The molecular formula is C44H42. The molecule has 0 bridgehead atoms. The van der Waals surface area contributed by atoms with Crippen LogP contribution in [0.15, 0.2) is 109 Å². The second-order valence-corrected chi connectivity index (χ2v) is 14.9. The highest BCUT2D eigenvalue weighted by molar-refractivity contribution is 6.22. The zero-order valence-corrected chi connectivity index (χ0v) is 27.4. The third-order valence-corrected chi connectivity index (χ3v) is 9.42.